The van der Waals surface area contributed by atoms with Gasteiger partial charge in [-0.05, 0) is 25.1 Å². The van der Waals surface area contributed by atoms with Gasteiger partial charge in [0.15, 0.2) is 0 Å². The molecule has 23 heavy (non-hydrogen) atoms. The Kier molecular flexibility index (Phi) is 6.27. The summed E-state index contributed by atoms with van der Waals surface area (Å²) < 4.78 is 5.28. The van der Waals surface area contributed by atoms with E-state index in [-0.39, 0.29) is 0 Å². The first-order chi connectivity index (χ1) is 11.1. The van der Waals surface area contributed by atoms with Gasteiger partial charge in [0.05, 0.1) is 24.0 Å². The Morgan fingerprint density at radius 1 is 1.30 bits per heavy atom. The van der Waals surface area contributed by atoms with Crippen LogP contribution in [-0.4, -0.2) is 37.2 Å². The largest absolute Gasteiger partial charge is 0.497 e. The van der Waals surface area contributed by atoms with Crippen molar-refractivity contribution in [3.63, 3.8) is 0 Å². The molecule has 0 aliphatic heterocycles. The van der Waals surface area contributed by atoms with Crippen molar-refractivity contribution in [2.45, 2.75) is 6.42 Å². The molecule has 0 spiro atoms. The van der Waals surface area contributed by atoms with E-state index in [1.54, 1.807) is 32.5 Å². The molecule has 1 aromatic heterocycles. The standard InChI is InChI=1S/C15H19Cl2N5O/c1-19-14-12(17)9-20-15(21-14)22(7-3-6-18)13-8-10(23-2)4-5-11(13)16/h4-5,8-9H,3,6-7,18H2,1-2H3,(H,19,20,21). The first-order valence-electron chi connectivity index (χ1n) is 7.12. The maximum atomic E-state index is 6.36. The fraction of sp³-hybridized carbons (Fsp3) is 0.333. The molecule has 0 bridgehead atoms. The quantitative estimate of drug-likeness (QED) is 0.793. The summed E-state index contributed by atoms with van der Waals surface area (Å²) in [6.07, 6.45) is 2.31. The van der Waals surface area contributed by atoms with Gasteiger partial charge in [0.2, 0.25) is 5.95 Å². The van der Waals surface area contributed by atoms with Gasteiger partial charge in [0.1, 0.15) is 16.6 Å². The number of anilines is 3. The second-order valence-electron chi connectivity index (χ2n) is 4.73. The fourth-order valence-electron chi connectivity index (χ4n) is 2.07. The number of aromatic nitrogens is 2. The van der Waals surface area contributed by atoms with Crippen molar-refractivity contribution in [2.75, 3.05) is 37.5 Å². The van der Waals surface area contributed by atoms with Crippen LogP contribution in [0.15, 0.2) is 24.4 Å². The Morgan fingerprint density at radius 3 is 2.74 bits per heavy atom. The molecule has 0 unspecified atom stereocenters. The molecular weight excluding hydrogens is 337 g/mol. The summed E-state index contributed by atoms with van der Waals surface area (Å²) in [4.78, 5) is 10.7. The first kappa shape index (κ1) is 17.6. The molecule has 124 valence electrons. The summed E-state index contributed by atoms with van der Waals surface area (Å²) >= 11 is 12.4. The summed E-state index contributed by atoms with van der Waals surface area (Å²) in [6, 6.07) is 5.42. The molecule has 2 aromatic rings. The zero-order valence-electron chi connectivity index (χ0n) is 13.0. The van der Waals surface area contributed by atoms with E-state index in [2.05, 4.69) is 15.3 Å². The van der Waals surface area contributed by atoms with Gasteiger partial charge in [-0.1, -0.05) is 23.2 Å². The minimum absolute atomic E-state index is 0.451. The zero-order chi connectivity index (χ0) is 16.8. The van der Waals surface area contributed by atoms with Crippen molar-refractivity contribution in [3.8, 4) is 5.75 Å². The summed E-state index contributed by atoms with van der Waals surface area (Å²) in [5.74, 6) is 1.74. The molecule has 3 N–H and O–H groups in total. The number of hydrogen-bond acceptors (Lipinski definition) is 6. The normalized spacial score (nSPS) is 10.5. The molecule has 8 heteroatoms. The van der Waals surface area contributed by atoms with Crippen LogP contribution in [0.5, 0.6) is 5.75 Å². The predicted octanol–water partition coefficient (Wildman–Crippen LogP) is 3.32. The summed E-state index contributed by atoms with van der Waals surface area (Å²) in [5, 5.41) is 3.97. The Morgan fingerprint density at radius 2 is 2.09 bits per heavy atom. The number of nitrogens with two attached hydrogens (primary N) is 1. The van der Waals surface area contributed by atoms with Gasteiger partial charge in [-0.2, -0.15) is 4.98 Å². The van der Waals surface area contributed by atoms with Gasteiger partial charge < -0.3 is 20.7 Å². The highest BCUT2D eigenvalue weighted by atomic mass is 35.5. The molecule has 0 saturated heterocycles. The Balaban J connectivity index is 2.48. The average molecular weight is 356 g/mol. The maximum Gasteiger partial charge on any atom is 0.231 e. The minimum atomic E-state index is 0.451. The van der Waals surface area contributed by atoms with E-state index in [0.29, 0.717) is 40.7 Å². The second-order valence-corrected chi connectivity index (χ2v) is 5.54. The minimum Gasteiger partial charge on any atom is -0.497 e. The van der Waals surface area contributed by atoms with E-state index in [1.165, 1.54) is 0 Å². The van der Waals surface area contributed by atoms with Crippen LogP contribution in [0.2, 0.25) is 10.0 Å². The molecule has 6 nitrogen and oxygen atoms in total. The van der Waals surface area contributed by atoms with Crippen LogP contribution >= 0.6 is 23.2 Å². The van der Waals surface area contributed by atoms with Crippen molar-refractivity contribution in [3.05, 3.63) is 34.4 Å². The highest BCUT2D eigenvalue weighted by molar-refractivity contribution is 6.33. The highest BCUT2D eigenvalue weighted by Crippen LogP contribution is 2.34. The number of rotatable bonds is 7. The molecule has 0 amide bonds. The molecule has 0 atom stereocenters. The van der Waals surface area contributed by atoms with Crippen molar-refractivity contribution >= 4 is 40.7 Å². The molecular formula is C15H19Cl2N5O. The predicted molar refractivity (Wildman–Crippen MR) is 95.3 cm³/mol. The number of hydrogen-bond donors (Lipinski definition) is 2. The molecule has 1 aromatic carbocycles. The number of nitrogens with one attached hydrogen (secondary N) is 1. The van der Waals surface area contributed by atoms with Crippen molar-refractivity contribution in [1.29, 1.82) is 0 Å². The molecule has 0 radical (unpaired) electrons. The molecule has 0 aliphatic rings. The number of halogens is 2. The van der Waals surface area contributed by atoms with Crippen LogP contribution in [0.25, 0.3) is 0 Å². The molecule has 1 heterocycles. The Bertz CT molecular complexity index is 668. The monoisotopic (exact) mass is 355 g/mol. The lowest BCUT2D eigenvalue weighted by molar-refractivity contribution is 0.415. The van der Waals surface area contributed by atoms with Gasteiger partial charge in [-0.3, -0.25) is 0 Å². The van der Waals surface area contributed by atoms with E-state index in [4.69, 9.17) is 33.7 Å². The van der Waals surface area contributed by atoms with Gasteiger partial charge >= 0.3 is 0 Å². The van der Waals surface area contributed by atoms with Crippen LogP contribution in [0, 0.1) is 0 Å². The first-order valence-corrected chi connectivity index (χ1v) is 7.87. The number of methoxy groups -OCH3 is 1. The van der Waals surface area contributed by atoms with Crippen molar-refractivity contribution in [2.24, 2.45) is 5.73 Å². The Labute approximate surface area is 145 Å². The van der Waals surface area contributed by atoms with Crippen molar-refractivity contribution < 1.29 is 4.74 Å². The summed E-state index contributed by atoms with van der Waals surface area (Å²) in [5.41, 5.74) is 6.40. The molecule has 0 fully saturated rings. The third-order valence-corrected chi connectivity index (χ3v) is 3.84. The summed E-state index contributed by atoms with van der Waals surface area (Å²) in [6.45, 7) is 1.17. The van der Waals surface area contributed by atoms with Gasteiger partial charge in [-0.15, -0.1) is 0 Å². The lowest BCUT2D eigenvalue weighted by atomic mass is 10.2. The number of benzene rings is 1. The summed E-state index contributed by atoms with van der Waals surface area (Å²) in [7, 11) is 3.36. The van der Waals surface area contributed by atoms with E-state index < -0.39 is 0 Å². The van der Waals surface area contributed by atoms with E-state index in [9.17, 15) is 0 Å². The van der Waals surface area contributed by atoms with E-state index in [1.807, 2.05) is 11.0 Å². The van der Waals surface area contributed by atoms with Gasteiger partial charge in [0.25, 0.3) is 0 Å². The van der Waals surface area contributed by atoms with Crippen LogP contribution in [-0.2, 0) is 0 Å². The third-order valence-electron chi connectivity index (χ3n) is 3.24. The lowest BCUT2D eigenvalue weighted by Gasteiger charge is -2.24. The van der Waals surface area contributed by atoms with Crippen LogP contribution < -0.4 is 20.7 Å². The molecule has 0 saturated carbocycles. The number of nitrogens with zero attached hydrogens (tertiary/aromatic N) is 3. The van der Waals surface area contributed by atoms with Crippen LogP contribution in [0.4, 0.5) is 17.5 Å². The van der Waals surface area contributed by atoms with E-state index >= 15 is 0 Å². The SMILES string of the molecule is CNc1nc(N(CCCN)c2cc(OC)ccc2Cl)ncc1Cl. The van der Waals surface area contributed by atoms with Crippen molar-refractivity contribution in [1.82, 2.24) is 9.97 Å². The number of ether oxygens (including phenoxy) is 1. The van der Waals surface area contributed by atoms with Gasteiger partial charge in [-0.25, -0.2) is 4.98 Å². The fourth-order valence-corrected chi connectivity index (χ4v) is 2.47. The average Bonchev–Trinajstić information content (AvgIpc) is 2.57. The Hall–Kier alpha value is -1.76. The molecule has 0 aliphatic carbocycles. The lowest BCUT2D eigenvalue weighted by Crippen LogP contribution is -2.23. The third kappa shape index (κ3) is 4.16. The van der Waals surface area contributed by atoms with Crippen LogP contribution in [0.3, 0.4) is 0 Å². The van der Waals surface area contributed by atoms with Gasteiger partial charge in [0, 0.05) is 19.7 Å². The second kappa shape index (κ2) is 8.19. The smallest absolute Gasteiger partial charge is 0.231 e. The van der Waals surface area contributed by atoms with E-state index in [0.717, 1.165) is 12.1 Å². The van der Waals surface area contributed by atoms with Crippen LogP contribution in [0.1, 0.15) is 6.42 Å². The highest BCUT2D eigenvalue weighted by Gasteiger charge is 2.17. The molecule has 2 rings (SSSR count). The topological polar surface area (TPSA) is 76.3 Å². The zero-order valence-corrected chi connectivity index (χ0v) is 14.5. The maximum absolute atomic E-state index is 6.36.